The highest BCUT2D eigenvalue weighted by atomic mass is 35.5. The van der Waals surface area contributed by atoms with Crippen molar-refractivity contribution < 1.29 is 13.9 Å². The fourth-order valence-corrected chi connectivity index (χ4v) is 3.14. The molecule has 1 aliphatic heterocycles. The van der Waals surface area contributed by atoms with Crippen molar-refractivity contribution in [1.82, 2.24) is 14.9 Å². The molecule has 1 unspecified atom stereocenters. The van der Waals surface area contributed by atoms with E-state index in [9.17, 15) is 9.18 Å². The van der Waals surface area contributed by atoms with Crippen LogP contribution in [0.2, 0.25) is 5.02 Å². The van der Waals surface area contributed by atoms with Crippen molar-refractivity contribution in [3.05, 3.63) is 52.6 Å². The van der Waals surface area contributed by atoms with Crippen molar-refractivity contribution in [3.63, 3.8) is 0 Å². The zero-order chi connectivity index (χ0) is 19.4. The van der Waals surface area contributed by atoms with Crippen molar-refractivity contribution in [2.45, 2.75) is 13.3 Å². The van der Waals surface area contributed by atoms with Crippen molar-refractivity contribution in [2.24, 2.45) is 5.92 Å². The molecule has 1 atom stereocenters. The first-order chi connectivity index (χ1) is 13.0. The van der Waals surface area contributed by atoms with Crippen LogP contribution in [0.15, 0.2) is 36.2 Å². The Morgan fingerprint density at radius 2 is 2.22 bits per heavy atom. The largest absolute Gasteiger partial charge is 0.480 e. The first-order valence-corrected chi connectivity index (χ1v) is 8.92. The van der Waals surface area contributed by atoms with Crippen molar-refractivity contribution in [3.8, 4) is 5.88 Å². The topological polar surface area (TPSA) is 67.3 Å². The van der Waals surface area contributed by atoms with Crippen LogP contribution in [-0.2, 0) is 0 Å². The van der Waals surface area contributed by atoms with Crippen LogP contribution in [0.5, 0.6) is 5.88 Å². The van der Waals surface area contributed by atoms with E-state index in [0.717, 1.165) is 5.57 Å². The number of carbonyl (C=O) groups excluding carboxylic acids is 1. The average Bonchev–Trinajstić information content (AvgIpc) is 2.67. The number of methoxy groups -OCH3 is 1. The van der Waals surface area contributed by atoms with E-state index in [0.29, 0.717) is 36.8 Å². The van der Waals surface area contributed by atoms with Gasteiger partial charge in [-0.3, -0.25) is 5.32 Å². The molecule has 1 saturated heterocycles. The molecule has 1 aromatic carbocycles. The van der Waals surface area contributed by atoms with E-state index in [4.69, 9.17) is 16.3 Å². The van der Waals surface area contributed by atoms with Gasteiger partial charge in [0.15, 0.2) is 5.82 Å². The maximum absolute atomic E-state index is 14.1. The second-order valence-electron chi connectivity index (χ2n) is 6.33. The van der Waals surface area contributed by atoms with Gasteiger partial charge in [0.05, 0.1) is 24.5 Å². The number of hydrogen-bond acceptors (Lipinski definition) is 4. The maximum Gasteiger partial charge on any atom is 0.323 e. The van der Waals surface area contributed by atoms with Crippen LogP contribution in [0.3, 0.4) is 0 Å². The van der Waals surface area contributed by atoms with E-state index in [1.807, 2.05) is 13.0 Å². The first kappa shape index (κ1) is 19.1. The number of likely N-dealkylation sites (tertiary alicyclic amines) is 1. The maximum atomic E-state index is 14.1. The molecule has 2 heterocycles. The molecule has 1 aliphatic rings. The number of hydrogen-bond donors (Lipinski definition) is 1. The molecule has 0 radical (unpaired) electrons. The van der Waals surface area contributed by atoms with Crippen LogP contribution >= 0.6 is 11.6 Å². The number of nitrogens with one attached hydrogen (secondary N) is 1. The lowest BCUT2D eigenvalue weighted by atomic mass is 9.91. The second-order valence-corrected chi connectivity index (χ2v) is 6.74. The van der Waals surface area contributed by atoms with Gasteiger partial charge < -0.3 is 9.64 Å². The highest BCUT2D eigenvalue weighted by molar-refractivity contribution is 6.30. The van der Waals surface area contributed by atoms with E-state index in [2.05, 4.69) is 15.3 Å². The minimum absolute atomic E-state index is 0.102. The molecule has 1 N–H and O–H groups in total. The number of halogens is 2. The minimum atomic E-state index is -0.419. The van der Waals surface area contributed by atoms with Gasteiger partial charge in [-0.1, -0.05) is 42.3 Å². The monoisotopic (exact) mass is 390 g/mol. The molecule has 1 aromatic heterocycles. The summed E-state index contributed by atoms with van der Waals surface area (Å²) in [5, 5.41) is 2.83. The third-order valence-corrected chi connectivity index (χ3v) is 4.77. The third kappa shape index (κ3) is 4.54. The zero-order valence-electron chi connectivity index (χ0n) is 15.1. The van der Waals surface area contributed by atoms with Gasteiger partial charge in [-0.15, -0.1) is 0 Å². The normalized spacial score (nSPS) is 18.4. The Labute approximate surface area is 162 Å². The zero-order valence-corrected chi connectivity index (χ0v) is 15.8. The van der Waals surface area contributed by atoms with Crippen molar-refractivity contribution in [2.75, 3.05) is 25.5 Å². The molecule has 2 amide bonds. The summed E-state index contributed by atoms with van der Waals surface area (Å²) in [5.41, 5.74) is 1.56. The SMILES string of the molecule is COc1cnc(NC(=O)N2CCC(=Cc3cccc(Cl)c3F)C(C)C2)cn1. The molecule has 1 fully saturated rings. The molecule has 0 saturated carbocycles. The van der Waals surface area contributed by atoms with Gasteiger partial charge in [0, 0.05) is 18.7 Å². The van der Waals surface area contributed by atoms with Gasteiger partial charge >= 0.3 is 6.03 Å². The summed E-state index contributed by atoms with van der Waals surface area (Å²) >= 11 is 5.84. The van der Waals surface area contributed by atoms with Gasteiger partial charge in [0.1, 0.15) is 5.82 Å². The lowest BCUT2D eigenvalue weighted by Crippen LogP contribution is -2.42. The number of amides is 2. The predicted octanol–water partition coefficient (Wildman–Crippen LogP) is 4.24. The molecule has 142 valence electrons. The van der Waals surface area contributed by atoms with Crippen LogP contribution in [0, 0.1) is 11.7 Å². The van der Waals surface area contributed by atoms with Crippen LogP contribution in [0.25, 0.3) is 6.08 Å². The number of aromatic nitrogens is 2. The molecule has 27 heavy (non-hydrogen) atoms. The summed E-state index contributed by atoms with van der Waals surface area (Å²) in [6, 6.07) is 4.70. The molecule has 8 heteroatoms. The molecule has 0 spiro atoms. The van der Waals surface area contributed by atoms with Gasteiger partial charge in [-0.2, -0.15) is 0 Å². The van der Waals surface area contributed by atoms with Gasteiger partial charge in [0.25, 0.3) is 0 Å². The predicted molar refractivity (Wildman–Crippen MR) is 102 cm³/mol. The van der Waals surface area contributed by atoms with Gasteiger partial charge in [-0.05, 0) is 18.4 Å². The molecular formula is C19H20ClFN4O2. The summed E-state index contributed by atoms with van der Waals surface area (Å²) in [6.07, 6.45) is 5.37. The van der Waals surface area contributed by atoms with E-state index in [-0.39, 0.29) is 17.0 Å². The number of anilines is 1. The number of urea groups is 1. The first-order valence-electron chi connectivity index (χ1n) is 8.54. The van der Waals surface area contributed by atoms with Crippen molar-refractivity contribution in [1.29, 1.82) is 0 Å². The van der Waals surface area contributed by atoms with E-state index in [1.54, 1.807) is 17.0 Å². The molecule has 6 nitrogen and oxygen atoms in total. The van der Waals surface area contributed by atoms with Crippen molar-refractivity contribution >= 4 is 29.5 Å². The Kier molecular flexibility index (Phi) is 5.91. The lowest BCUT2D eigenvalue weighted by Gasteiger charge is -2.33. The molecular weight excluding hydrogens is 371 g/mol. The Morgan fingerprint density at radius 1 is 1.41 bits per heavy atom. The number of ether oxygens (including phenoxy) is 1. The second kappa shape index (κ2) is 8.35. The minimum Gasteiger partial charge on any atom is -0.480 e. The summed E-state index contributed by atoms with van der Waals surface area (Å²) in [7, 11) is 1.50. The number of nitrogens with zero attached hydrogens (tertiary/aromatic N) is 3. The lowest BCUT2D eigenvalue weighted by molar-refractivity contribution is 0.197. The number of piperidine rings is 1. The Morgan fingerprint density at radius 3 is 2.89 bits per heavy atom. The molecule has 0 aliphatic carbocycles. The quantitative estimate of drug-likeness (QED) is 0.851. The molecule has 0 bridgehead atoms. The fourth-order valence-electron chi connectivity index (χ4n) is 2.95. The van der Waals surface area contributed by atoms with E-state index in [1.165, 1.54) is 25.6 Å². The Hall–Kier alpha value is -2.67. The van der Waals surface area contributed by atoms with Gasteiger partial charge in [0.2, 0.25) is 5.88 Å². The molecule has 2 aromatic rings. The Balaban J connectivity index is 1.64. The fraction of sp³-hybridized carbons (Fsp3) is 0.316. The Bertz CT molecular complexity index is 857. The van der Waals surface area contributed by atoms with Crippen LogP contribution in [-0.4, -0.2) is 41.1 Å². The van der Waals surface area contributed by atoms with E-state index >= 15 is 0 Å². The molecule has 3 rings (SSSR count). The van der Waals surface area contributed by atoms with Crippen LogP contribution in [0.1, 0.15) is 18.9 Å². The third-order valence-electron chi connectivity index (χ3n) is 4.48. The number of rotatable bonds is 3. The number of carbonyl (C=O) groups is 1. The summed E-state index contributed by atoms with van der Waals surface area (Å²) in [5.74, 6) is 0.417. The summed E-state index contributed by atoms with van der Waals surface area (Å²) in [6.45, 7) is 3.08. The summed E-state index contributed by atoms with van der Waals surface area (Å²) < 4.78 is 19.1. The van der Waals surface area contributed by atoms with Crippen LogP contribution < -0.4 is 10.1 Å². The standard InChI is InChI=1S/C19H20ClFN4O2/c1-12-11-25(19(26)24-16-9-23-17(27-2)10-22-16)7-6-13(12)8-14-4-3-5-15(20)18(14)21/h3-5,8-10,12H,6-7,11H2,1-2H3,(H,22,24,26). The van der Waals surface area contributed by atoms with E-state index < -0.39 is 5.82 Å². The number of benzene rings is 1. The highest BCUT2D eigenvalue weighted by Gasteiger charge is 2.25. The smallest absolute Gasteiger partial charge is 0.323 e. The van der Waals surface area contributed by atoms with Gasteiger partial charge in [-0.25, -0.2) is 19.2 Å². The summed E-state index contributed by atoms with van der Waals surface area (Å²) in [4.78, 5) is 22.3. The highest BCUT2D eigenvalue weighted by Crippen LogP contribution is 2.27. The van der Waals surface area contributed by atoms with Crippen LogP contribution in [0.4, 0.5) is 15.0 Å². The average molecular weight is 391 g/mol.